The fourth-order valence-corrected chi connectivity index (χ4v) is 4.19. The number of hydrogen-bond donors (Lipinski definition) is 0. The van der Waals surface area contributed by atoms with Crippen LogP contribution in [0.4, 0.5) is 0 Å². The van der Waals surface area contributed by atoms with Crippen molar-refractivity contribution in [1.29, 1.82) is 0 Å². The summed E-state index contributed by atoms with van der Waals surface area (Å²) in [6.07, 6.45) is 6.98. The van der Waals surface area contributed by atoms with Crippen LogP contribution in [0.1, 0.15) is 64.0 Å². The van der Waals surface area contributed by atoms with Crippen LogP contribution in [0.3, 0.4) is 0 Å². The van der Waals surface area contributed by atoms with Crippen molar-refractivity contribution < 1.29 is 4.79 Å². The van der Waals surface area contributed by atoms with Gasteiger partial charge in [-0.3, -0.25) is 9.69 Å². The Hall–Kier alpha value is -1.35. The van der Waals surface area contributed by atoms with Crippen molar-refractivity contribution in [1.82, 2.24) is 9.80 Å². The number of rotatable bonds is 4. The maximum atomic E-state index is 12.5. The summed E-state index contributed by atoms with van der Waals surface area (Å²) in [7, 11) is 0. The molecule has 25 heavy (non-hydrogen) atoms. The number of piperazine rings is 1. The molecule has 0 unspecified atom stereocenters. The second kappa shape index (κ2) is 7.90. The molecule has 1 aromatic rings. The van der Waals surface area contributed by atoms with Gasteiger partial charge in [0.25, 0.3) is 0 Å². The van der Waals surface area contributed by atoms with Crippen molar-refractivity contribution in [3.05, 3.63) is 35.4 Å². The van der Waals surface area contributed by atoms with E-state index >= 15 is 0 Å². The summed E-state index contributed by atoms with van der Waals surface area (Å²) < 4.78 is 0. The largest absolute Gasteiger partial charge is 0.340 e. The Labute approximate surface area is 153 Å². The average molecular weight is 343 g/mol. The predicted octanol–water partition coefficient (Wildman–Crippen LogP) is 4.00. The van der Waals surface area contributed by atoms with E-state index in [1.807, 2.05) is 0 Å². The first-order valence-corrected chi connectivity index (χ1v) is 10.0. The van der Waals surface area contributed by atoms with Gasteiger partial charge in [-0.25, -0.2) is 0 Å². The number of aryl methyl sites for hydroxylation is 1. The van der Waals surface area contributed by atoms with Gasteiger partial charge in [0.1, 0.15) is 0 Å². The number of nitrogens with zero attached hydrogens (tertiary/aromatic N) is 2. The van der Waals surface area contributed by atoms with E-state index in [9.17, 15) is 4.79 Å². The fourth-order valence-electron chi connectivity index (χ4n) is 4.19. The third-order valence-electron chi connectivity index (χ3n) is 5.96. The highest BCUT2D eigenvalue weighted by molar-refractivity contribution is 5.76. The zero-order chi connectivity index (χ0) is 17.9. The number of amides is 1. The molecule has 3 heteroatoms. The molecule has 0 radical (unpaired) electrons. The topological polar surface area (TPSA) is 23.6 Å². The molecule has 1 aliphatic carbocycles. The molecular weight excluding hydrogens is 308 g/mol. The lowest BCUT2D eigenvalue weighted by atomic mass is 9.86. The summed E-state index contributed by atoms with van der Waals surface area (Å²) in [5, 5.41) is 0. The number of carbonyl (C=O) groups is 1. The molecular formula is C22H34N2O. The lowest BCUT2D eigenvalue weighted by molar-refractivity contribution is -0.133. The van der Waals surface area contributed by atoms with Crippen molar-refractivity contribution in [2.45, 2.75) is 70.8 Å². The minimum Gasteiger partial charge on any atom is -0.340 e. The van der Waals surface area contributed by atoms with Crippen molar-refractivity contribution in [2.24, 2.45) is 0 Å². The second-order valence-electron chi connectivity index (χ2n) is 8.80. The standard InChI is InChI=1S/C22H34N2O/c1-22(2,3)19-11-8-18(9-12-19)10-13-21(25)24-16-14-23(15-17-24)20-6-4-5-7-20/h8-9,11-12,20H,4-7,10,13-17H2,1-3H3. The third-order valence-corrected chi connectivity index (χ3v) is 5.96. The van der Waals surface area contributed by atoms with Gasteiger partial charge in [-0.05, 0) is 35.8 Å². The number of carbonyl (C=O) groups excluding carboxylic acids is 1. The molecule has 0 spiro atoms. The lowest BCUT2D eigenvalue weighted by Gasteiger charge is -2.38. The van der Waals surface area contributed by atoms with E-state index in [1.54, 1.807) is 0 Å². The highest BCUT2D eigenvalue weighted by Crippen LogP contribution is 2.25. The summed E-state index contributed by atoms with van der Waals surface area (Å²) in [6.45, 7) is 10.7. The first kappa shape index (κ1) is 18.4. The molecule has 2 aliphatic rings. The Morgan fingerprint density at radius 3 is 2.16 bits per heavy atom. The van der Waals surface area contributed by atoms with Crippen LogP contribution in [0, 0.1) is 0 Å². The van der Waals surface area contributed by atoms with Crippen LogP contribution < -0.4 is 0 Å². The van der Waals surface area contributed by atoms with Crippen LogP contribution in [0.25, 0.3) is 0 Å². The molecule has 1 saturated carbocycles. The van der Waals surface area contributed by atoms with E-state index in [4.69, 9.17) is 0 Å². The molecule has 1 aliphatic heterocycles. The molecule has 3 rings (SSSR count). The van der Waals surface area contributed by atoms with Gasteiger partial charge in [-0.15, -0.1) is 0 Å². The first-order chi connectivity index (χ1) is 11.9. The summed E-state index contributed by atoms with van der Waals surface area (Å²) in [5.74, 6) is 0.325. The van der Waals surface area contributed by atoms with Crippen LogP contribution in [0.15, 0.2) is 24.3 Å². The van der Waals surface area contributed by atoms with Gasteiger partial charge in [0.05, 0.1) is 0 Å². The highest BCUT2D eigenvalue weighted by Gasteiger charge is 2.27. The minimum absolute atomic E-state index is 0.188. The predicted molar refractivity (Wildman–Crippen MR) is 104 cm³/mol. The fraction of sp³-hybridized carbons (Fsp3) is 0.682. The summed E-state index contributed by atoms with van der Waals surface area (Å²) in [6, 6.07) is 9.58. The van der Waals surface area contributed by atoms with Crippen molar-refractivity contribution >= 4 is 5.91 Å². The summed E-state index contributed by atoms with van der Waals surface area (Å²) >= 11 is 0. The Kier molecular flexibility index (Phi) is 5.83. The Morgan fingerprint density at radius 2 is 1.60 bits per heavy atom. The smallest absolute Gasteiger partial charge is 0.222 e. The quantitative estimate of drug-likeness (QED) is 0.825. The van der Waals surface area contributed by atoms with Gasteiger partial charge in [-0.2, -0.15) is 0 Å². The molecule has 138 valence electrons. The Morgan fingerprint density at radius 1 is 1.00 bits per heavy atom. The third kappa shape index (κ3) is 4.84. The molecule has 1 aromatic carbocycles. The van der Waals surface area contributed by atoms with Crippen molar-refractivity contribution in [3.8, 4) is 0 Å². The van der Waals surface area contributed by atoms with Crippen LogP contribution >= 0.6 is 0 Å². The molecule has 1 saturated heterocycles. The van der Waals surface area contributed by atoms with Gasteiger partial charge in [0.2, 0.25) is 5.91 Å². The molecule has 0 N–H and O–H groups in total. The van der Waals surface area contributed by atoms with Crippen LogP contribution in [0.2, 0.25) is 0 Å². The maximum absolute atomic E-state index is 12.5. The van der Waals surface area contributed by atoms with Crippen LogP contribution in [-0.2, 0) is 16.6 Å². The Bertz CT molecular complexity index is 559. The SMILES string of the molecule is CC(C)(C)c1ccc(CCC(=O)N2CCN(C3CCCC3)CC2)cc1. The van der Waals surface area contributed by atoms with Crippen LogP contribution in [0.5, 0.6) is 0 Å². The number of hydrogen-bond acceptors (Lipinski definition) is 2. The minimum atomic E-state index is 0.188. The second-order valence-corrected chi connectivity index (χ2v) is 8.80. The van der Waals surface area contributed by atoms with Gasteiger partial charge >= 0.3 is 0 Å². The van der Waals surface area contributed by atoms with E-state index in [0.717, 1.165) is 38.6 Å². The van der Waals surface area contributed by atoms with E-state index in [-0.39, 0.29) is 5.41 Å². The lowest BCUT2D eigenvalue weighted by Crippen LogP contribution is -2.51. The van der Waals surface area contributed by atoms with Crippen molar-refractivity contribution in [2.75, 3.05) is 26.2 Å². The van der Waals surface area contributed by atoms with Crippen molar-refractivity contribution in [3.63, 3.8) is 0 Å². The van der Waals surface area contributed by atoms with Gasteiger partial charge in [0, 0.05) is 38.6 Å². The van der Waals surface area contributed by atoms with E-state index in [0.29, 0.717) is 12.3 Å². The molecule has 3 nitrogen and oxygen atoms in total. The van der Waals surface area contributed by atoms with E-state index in [2.05, 4.69) is 54.8 Å². The molecule has 0 bridgehead atoms. The summed E-state index contributed by atoms with van der Waals surface area (Å²) in [5.41, 5.74) is 2.81. The van der Waals surface area contributed by atoms with E-state index < -0.39 is 0 Å². The first-order valence-electron chi connectivity index (χ1n) is 10.0. The zero-order valence-electron chi connectivity index (χ0n) is 16.3. The molecule has 1 heterocycles. The molecule has 0 atom stereocenters. The molecule has 1 amide bonds. The van der Waals surface area contributed by atoms with E-state index in [1.165, 1.54) is 36.8 Å². The Balaban J connectivity index is 1.43. The molecule has 0 aromatic heterocycles. The summed E-state index contributed by atoms with van der Waals surface area (Å²) in [4.78, 5) is 17.2. The van der Waals surface area contributed by atoms with Crippen LogP contribution in [-0.4, -0.2) is 47.9 Å². The van der Waals surface area contributed by atoms with Gasteiger partial charge in [-0.1, -0.05) is 57.9 Å². The zero-order valence-corrected chi connectivity index (χ0v) is 16.3. The number of benzene rings is 1. The average Bonchev–Trinajstić information content (AvgIpc) is 3.14. The monoisotopic (exact) mass is 342 g/mol. The van der Waals surface area contributed by atoms with Gasteiger partial charge in [0.15, 0.2) is 0 Å². The maximum Gasteiger partial charge on any atom is 0.222 e. The highest BCUT2D eigenvalue weighted by atomic mass is 16.2. The molecule has 2 fully saturated rings. The van der Waals surface area contributed by atoms with Gasteiger partial charge < -0.3 is 4.90 Å². The normalized spacial score (nSPS) is 20.2.